The Hall–Kier alpha value is -2.55. The Bertz CT molecular complexity index is 976. The van der Waals surface area contributed by atoms with Crippen molar-refractivity contribution in [1.29, 1.82) is 0 Å². The molecule has 0 atom stereocenters. The van der Waals surface area contributed by atoms with Gasteiger partial charge in [0.25, 0.3) is 11.6 Å². The summed E-state index contributed by atoms with van der Waals surface area (Å²) in [6, 6.07) is 10.5. The van der Waals surface area contributed by atoms with E-state index in [1.54, 1.807) is 18.2 Å². The maximum absolute atomic E-state index is 12.2. The fraction of sp³-hybridized carbons (Fsp3) is 0.0625. The molecule has 0 spiro atoms. The molecule has 10 heteroatoms. The van der Waals surface area contributed by atoms with Crippen LogP contribution in [0.25, 0.3) is 0 Å². The van der Waals surface area contributed by atoms with E-state index in [1.165, 1.54) is 35.6 Å². The maximum Gasteiger partial charge on any atom is 0.269 e. The van der Waals surface area contributed by atoms with Gasteiger partial charge in [-0.3, -0.25) is 20.2 Å². The summed E-state index contributed by atoms with van der Waals surface area (Å²) in [5, 5.41) is 23.3. The summed E-state index contributed by atoms with van der Waals surface area (Å²) in [7, 11) is 0. The minimum atomic E-state index is -0.527. The van der Waals surface area contributed by atoms with Crippen LogP contribution in [-0.2, 0) is 6.42 Å². The van der Waals surface area contributed by atoms with E-state index < -0.39 is 10.8 Å². The number of nitrogens with zero attached hydrogens (tertiary/aromatic N) is 3. The van der Waals surface area contributed by atoms with Crippen LogP contribution in [0.5, 0.6) is 0 Å². The number of nitrogens with one attached hydrogen (secondary N) is 1. The van der Waals surface area contributed by atoms with Crippen LogP contribution in [0.3, 0.4) is 0 Å². The summed E-state index contributed by atoms with van der Waals surface area (Å²) in [5.74, 6) is -0.424. The lowest BCUT2D eigenvalue weighted by molar-refractivity contribution is -0.384. The van der Waals surface area contributed by atoms with Crippen LogP contribution in [0.2, 0.25) is 10.0 Å². The summed E-state index contributed by atoms with van der Waals surface area (Å²) in [4.78, 5) is 22.3. The average Bonchev–Trinajstić information content (AvgIpc) is 3.04. The third-order valence-electron chi connectivity index (χ3n) is 3.38. The van der Waals surface area contributed by atoms with E-state index in [1.807, 2.05) is 0 Å². The highest BCUT2D eigenvalue weighted by molar-refractivity contribution is 7.15. The Morgan fingerprint density at radius 2 is 1.88 bits per heavy atom. The Morgan fingerprint density at radius 1 is 1.15 bits per heavy atom. The second-order valence-electron chi connectivity index (χ2n) is 5.17. The largest absolute Gasteiger partial charge is 0.296 e. The van der Waals surface area contributed by atoms with Crippen molar-refractivity contribution in [2.24, 2.45) is 0 Å². The first-order chi connectivity index (χ1) is 12.4. The van der Waals surface area contributed by atoms with Crippen molar-refractivity contribution >= 4 is 51.3 Å². The first-order valence-electron chi connectivity index (χ1n) is 7.24. The van der Waals surface area contributed by atoms with Gasteiger partial charge in [0, 0.05) is 34.2 Å². The number of nitro benzene ring substituents is 1. The normalized spacial score (nSPS) is 10.5. The van der Waals surface area contributed by atoms with Crippen molar-refractivity contribution in [3.8, 4) is 0 Å². The van der Waals surface area contributed by atoms with E-state index in [4.69, 9.17) is 23.2 Å². The Kier molecular flexibility index (Phi) is 5.46. The molecule has 0 aliphatic heterocycles. The molecular formula is C16H10Cl2N4O3S. The van der Waals surface area contributed by atoms with Gasteiger partial charge >= 0.3 is 0 Å². The number of hydrogen-bond acceptors (Lipinski definition) is 6. The van der Waals surface area contributed by atoms with Crippen LogP contribution in [0, 0.1) is 10.1 Å². The van der Waals surface area contributed by atoms with E-state index in [9.17, 15) is 14.9 Å². The van der Waals surface area contributed by atoms with E-state index in [-0.39, 0.29) is 11.3 Å². The number of amides is 1. The van der Waals surface area contributed by atoms with Gasteiger partial charge in [0.05, 0.1) is 4.92 Å². The van der Waals surface area contributed by atoms with Crippen molar-refractivity contribution in [3.05, 3.63) is 78.8 Å². The van der Waals surface area contributed by atoms with Gasteiger partial charge in [-0.05, 0) is 29.8 Å². The zero-order chi connectivity index (χ0) is 18.7. The monoisotopic (exact) mass is 408 g/mol. The average molecular weight is 409 g/mol. The summed E-state index contributed by atoms with van der Waals surface area (Å²) >= 11 is 13.2. The van der Waals surface area contributed by atoms with Crippen LogP contribution in [0.1, 0.15) is 20.9 Å². The van der Waals surface area contributed by atoms with E-state index in [0.717, 1.165) is 5.56 Å². The fourth-order valence-electron chi connectivity index (χ4n) is 2.11. The highest BCUT2D eigenvalue weighted by Crippen LogP contribution is 2.26. The first-order valence-corrected chi connectivity index (χ1v) is 8.82. The van der Waals surface area contributed by atoms with E-state index in [2.05, 4.69) is 15.5 Å². The number of halogens is 2. The summed E-state index contributed by atoms with van der Waals surface area (Å²) in [5.41, 5.74) is 1.05. The molecule has 0 aliphatic rings. The lowest BCUT2D eigenvalue weighted by atomic mass is 10.2. The van der Waals surface area contributed by atoms with Crippen molar-refractivity contribution in [2.45, 2.75) is 6.42 Å². The number of rotatable bonds is 5. The number of nitro groups is 1. The Balaban J connectivity index is 1.67. The minimum absolute atomic E-state index is 0.0837. The summed E-state index contributed by atoms with van der Waals surface area (Å²) in [6.07, 6.45) is 0.459. The number of hydrogen-bond donors (Lipinski definition) is 1. The van der Waals surface area contributed by atoms with Crippen LogP contribution >= 0.6 is 34.5 Å². The van der Waals surface area contributed by atoms with Gasteiger partial charge in [0.2, 0.25) is 5.13 Å². The van der Waals surface area contributed by atoms with Crippen molar-refractivity contribution < 1.29 is 9.72 Å². The van der Waals surface area contributed by atoms with E-state index in [0.29, 0.717) is 26.6 Å². The molecule has 0 aliphatic carbocycles. The topological polar surface area (TPSA) is 98.0 Å². The highest BCUT2D eigenvalue weighted by Gasteiger charge is 2.13. The Morgan fingerprint density at radius 3 is 2.54 bits per heavy atom. The number of carbonyl (C=O) groups is 1. The molecule has 3 rings (SSSR count). The molecule has 7 nitrogen and oxygen atoms in total. The van der Waals surface area contributed by atoms with Crippen LogP contribution in [0.15, 0.2) is 42.5 Å². The number of non-ortho nitro benzene ring substituents is 1. The number of carbonyl (C=O) groups excluding carboxylic acids is 1. The molecule has 0 unspecified atom stereocenters. The molecule has 2 aromatic carbocycles. The standard InChI is InChI=1S/C16H10Cl2N4O3S/c17-11-4-1-10(13(18)8-11)7-14-20-21-16(26-14)19-15(23)9-2-5-12(6-3-9)22(24)25/h1-6,8H,7H2,(H,19,21,23). The van der Waals surface area contributed by atoms with Gasteiger partial charge in [0.15, 0.2) is 0 Å². The molecule has 26 heavy (non-hydrogen) atoms. The highest BCUT2D eigenvalue weighted by atomic mass is 35.5. The second-order valence-corrected chi connectivity index (χ2v) is 7.08. The summed E-state index contributed by atoms with van der Waals surface area (Å²) in [6.45, 7) is 0. The predicted molar refractivity (Wildman–Crippen MR) is 100 cm³/mol. The number of aromatic nitrogens is 2. The molecule has 0 saturated carbocycles. The van der Waals surface area contributed by atoms with Crippen molar-refractivity contribution in [2.75, 3.05) is 5.32 Å². The van der Waals surface area contributed by atoms with Crippen molar-refractivity contribution in [1.82, 2.24) is 10.2 Å². The molecule has 1 heterocycles. The molecule has 132 valence electrons. The molecule has 1 aromatic heterocycles. The number of benzene rings is 2. The lowest BCUT2D eigenvalue weighted by Gasteiger charge is -2.02. The van der Waals surface area contributed by atoms with Gasteiger partial charge in [0.1, 0.15) is 5.01 Å². The van der Waals surface area contributed by atoms with Crippen molar-refractivity contribution in [3.63, 3.8) is 0 Å². The molecule has 0 bridgehead atoms. The molecule has 0 fully saturated rings. The zero-order valence-corrected chi connectivity index (χ0v) is 15.3. The first kappa shape index (κ1) is 18.2. The van der Waals surface area contributed by atoms with Gasteiger partial charge in [-0.1, -0.05) is 40.6 Å². The second kappa shape index (κ2) is 7.77. The Labute approximate surface area is 161 Å². The minimum Gasteiger partial charge on any atom is -0.296 e. The van der Waals surface area contributed by atoms with Gasteiger partial charge < -0.3 is 0 Å². The molecule has 1 N–H and O–H groups in total. The molecule has 1 amide bonds. The quantitative estimate of drug-likeness (QED) is 0.491. The smallest absolute Gasteiger partial charge is 0.269 e. The third kappa shape index (κ3) is 4.34. The lowest BCUT2D eigenvalue weighted by Crippen LogP contribution is -2.11. The zero-order valence-electron chi connectivity index (χ0n) is 13.0. The van der Waals surface area contributed by atoms with Gasteiger partial charge in [-0.25, -0.2) is 0 Å². The molecular weight excluding hydrogens is 399 g/mol. The predicted octanol–water partition coefficient (Wildman–Crippen LogP) is 4.60. The molecule has 0 saturated heterocycles. The summed E-state index contributed by atoms with van der Waals surface area (Å²) < 4.78 is 0. The van der Waals surface area contributed by atoms with Crippen LogP contribution < -0.4 is 5.32 Å². The number of anilines is 1. The van der Waals surface area contributed by atoms with Crippen LogP contribution in [-0.4, -0.2) is 21.0 Å². The van der Waals surface area contributed by atoms with E-state index >= 15 is 0 Å². The third-order valence-corrected chi connectivity index (χ3v) is 4.81. The SMILES string of the molecule is O=C(Nc1nnc(Cc2ccc(Cl)cc2Cl)s1)c1ccc([N+](=O)[O-])cc1. The van der Waals surface area contributed by atoms with Gasteiger partial charge in [-0.15, -0.1) is 10.2 Å². The van der Waals surface area contributed by atoms with Gasteiger partial charge in [-0.2, -0.15) is 0 Å². The fourth-order valence-corrected chi connectivity index (χ4v) is 3.34. The molecule has 0 radical (unpaired) electrons. The molecule has 3 aromatic rings. The maximum atomic E-state index is 12.2. The van der Waals surface area contributed by atoms with Crippen LogP contribution in [0.4, 0.5) is 10.8 Å².